The lowest BCUT2D eigenvalue weighted by molar-refractivity contribution is 0.0667. The molecule has 0 bridgehead atoms. The molecule has 1 amide bonds. The molecule has 0 unspecified atom stereocenters. The molecule has 0 aromatic carbocycles. The van der Waals surface area contributed by atoms with Crippen LogP contribution in [0.15, 0.2) is 30.7 Å². The van der Waals surface area contributed by atoms with E-state index in [-0.39, 0.29) is 5.91 Å². The van der Waals surface area contributed by atoms with E-state index in [2.05, 4.69) is 25.3 Å². The first kappa shape index (κ1) is 17.8. The molecule has 3 aromatic rings. The number of rotatable bonds is 5. The molecule has 4 rings (SSSR count). The van der Waals surface area contributed by atoms with Gasteiger partial charge in [0, 0.05) is 47.9 Å². The fourth-order valence-corrected chi connectivity index (χ4v) is 4.09. The predicted molar refractivity (Wildman–Crippen MR) is 104 cm³/mol. The third kappa shape index (κ3) is 4.23. The van der Waals surface area contributed by atoms with Gasteiger partial charge in [0.1, 0.15) is 11.5 Å². The fourth-order valence-electron chi connectivity index (χ4n) is 3.17. The van der Waals surface area contributed by atoms with Crippen molar-refractivity contribution in [2.75, 3.05) is 18.5 Å². The molecule has 1 aliphatic rings. The maximum atomic E-state index is 12.6. The summed E-state index contributed by atoms with van der Waals surface area (Å²) >= 11 is 1.53. The Labute approximate surface area is 161 Å². The average Bonchev–Trinajstić information content (AvgIpc) is 3.29. The maximum Gasteiger partial charge on any atom is 0.277 e. The van der Waals surface area contributed by atoms with Crippen LogP contribution in [0.2, 0.25) is 0 Å². The molecule has 0 saturated carbocycles. The summed E-state index contributed by atoms with van der Waals surface area (Å²) in [6, 6.07) is 3.73. The zero-order valence-electron chi connectivity index (χ0n) is 15.1. The predicted octanol–water partition coefficient (Wildman–Crippen LogP) is 3.46. The number of aryl methyl sites for hydroxylation is 1. The van der Waals surface area contributed by atoms with E-state index < -0.39 is 0 Å². The van der Waals surface area contributed by atoms with Gasteiger partial charge in [-0.25, -0.2) is 9.97 Å². The Bertz CT molecular complexity index is 915. The zero-order valence-corrected chi connectivity index (χ0v) is 15.9. The summed E-state index contributed by atoms with van der Waals surface area (Å²) in [7, 11) is 0. The van der Waals surface area contributed by atoms with Crippen molar-refractivity contribution in [3.05, 3.63) is 47.0 Å². The third-order valence-electron chi connectivity index (χ3n) is 4.64. The van der Waals surface area contributed by atoms with Crippen LogP contribution in [0.1, 0.15) is 33.9 Å². The van der Waals surface area contributed by atoms with E-state index in [1.54, 1.807) is 12.4 Å². The van der Waals surface area contributed by atoms with E-state index in [4.69, 9.17) is 4.74 Å². The minimum Gasteiger partial charge on any atom is -0.381 e. The molecule has 2 N–H and O–H groups in total. The number of aromatic nitrogens is 4. The van der Waals surface area contributed by atoms with Crippen molar-refractivity contribution in [3.63, 3.8) is 0 Å². The van der Waals surface area contributed by atoms with Crippen LogP contribution >= 0.6 is 11.3 Å². The van der Waals surface area contributed by atoms with Gasteiger partial charge in [-0.05, 0) is 44.2 Å². The summed E-state index contributed by atoms with van der Waals surface area (Å²) in [5, 5.41) is 3.47. The molecule has 0 radical (unpaired) electrons. The molecule has 1 saturated heterocycles. The van der Waals surface area contributed by atoms with E-state index in [1.807, 2.05) is 25.3 Å². The van der Waals surface area contributed by atoms with Gasteiger partial charge in [-0.1, -0.05) is 0 Å². The molecule has 0 atom stereocenters. The van der Waals surface area contributed by atoms with Gasteiger partial charge in [0.25, 0.3) is 5.91 Å². The maximum absolute atomic E-state index is 12.6. The Hall–Kier alpha value is -2.58. The number of amides is 1. The van der Waals surface area contributed by atoms with Crippen LogP contribution in [-0.2, 0) is 11.2 Å². The standard InChI is InChI=1S/C19H21N5O2S/c1-12-16(23-17(22-12)14-3-2-6-20-10-14)18(25)24-19-21-11-15(27-19)9-13-4-7-26-8-5-13/h2-3,6,10-11,13H,4-5,7-9H2,1H3,(H,22,23)(H,21,24,25). The second kappa shape index (κ2) is 7.98. The first-order valence-corrected chi connectivity index (χ1v) is 9.81. The lowest BCUT2D eigenvalue weighted by Gasteiger charge is -2.20. The molecule has 140 valence electrons. The second-order valence-electron chi connectivity index (χ2n) is 6.65. The number of nitrogens with zero attached hydrogens (tertiary/aromatic N) is 3. The summed E-state index contributed by atoms with van der Waals surface area (Å²) in [6.45, 7) is 3.51. The monoisotopic (exact) mass is 383 g/mol. The Kier molecular flexibility index (Phi) is 5.26. The number of hydrogen-bond donors (Lipinski definition) is 2. The molecule has 0 spiro atoms. The van der Waals surface area contributed by atoms with E-state index in [1.165, 1.54) is 16.2 Å². The molecule has 4 heterocycles. The van der Waals surface area contributed by atoms with Gasteiger partial charge in [0.05, 0.1) is 0 Å². The summed E-state index contributed by atoms with van der Waals surface area (Å²) in [4.78, 5) is 29.8. The number of anilines is 1. The highest BCUT2D eigenvalue weighted by atomic mass is 32.1. The van der Waals surface area contributed by atoms with Gasteiger partial charge >= 0.3 is 0 Å². The lowest BCUT2D eigenvalue weighted by Crippen LogP contribution is -2.17. The SMILES string of the molecule is Cc1[nH]c(-c2cccnc2)nc1C(=O)Nc1ncc(CC2CCOCC2)s1. The van der Waals surface area contributed by atoms with Gasteiger partial charge in [-0.3, -0.25) is 15.1 Å². The summed E-state index contributed by atoms with van der Waals surface area (Å²) in [6.07, 6.45) is 8.43. The Morgan fingerprint density at radius 1 is 1.37 bits per heavy atom. The van der Waals surface area contributed by atoms with E-state index in [0.29, 0.717) is 28.3 Å². The number of imidazole rings is 1. The third-order valence-corrected chi connectivity index (χ3v) is 5.57. The number of hydrogen-bond acceptors (Lipinski definition) is 6. The van der Waals surface area contributed by atoms with E-state index >= 15 is 0 Å². The number of carbonyl (C=O) groups excluding carboxylic acids is 1. The molecule has 8 heteroatoms. The molecular weight excluding hydrogens is 362 g/mol. The number of thiazole rings is 1. The Morgan fingerprint density at radius 3 is 3.00 bits per heavy atom. The number of carbonyl (C=O) groups is 1. The van der Waals surface area contributed by atoms with Crippen molar-refractivity contribution in [1.29, 1.82) is 0 Å². The molecule has 27 heavy (non-hydrogen) atoms. The number of nitrogens with one attached hydrogen (secondary N) is 2. The van der Waals surface area contributed by atoms with Gasteiger partial charge in [-0.15, -0.1) is 11.3 Å². The van der Waals surface area contributed by atoms with Crippen LogP contribution in [0.4, 0.5) is 5.13 Å². The topological polar surface area (TPSA) is 92.8 Å². The average molecular weight is 383 g/mol. The fraction of sp³-hybridized carbons (Fsp3) is 0.368. The lowest BCUT2D eigenvalue weighted by atomic mass is 9.96. The zero-order chi connectivity index (χ0) is 18.6. The van der Waals surface area contributed by atoms with E-state index in [9.17, 15) is 4.79 Å². The number of H-pyrrole nitrogens is 1. The van der Waals surface area contributed by atoms with Crippen molar-refractivity contribution in [2.45, 2.75) is 26.2 Å². The smallest absolute Gasteiger partial charge is 0.277 e. The van der Waals surface area contributed by atoms with Gasteiger partial charge < -0.3 is 9.72 Å². The van der Waals surface area contributed by atoms with Crippen LogP contribution in [0.5, 0.6) is 0 Å². The van der Waals surface area contributed by atoms with Crippen LogP contribution in [-0.4, -0.2) is 39.1 Å². The van der Waals surface area contributed by atoms with Crippen LogP contribution in [0.3, 0.4) is 0 Å². The highest BCUT2D eigenvalue weighted by Crippen LogP contribution is 2.26. The van der Waals surface area contributed by atoms with Crippen LogP contribution in [0.25, 0.3) is 11.4 Å². The number of ether oxygens (including phenoxy) is 1. The van der Waals surface area contributed by atoms with Crippen molar-refractivity contribution in [3.8, 4) is 11.4 Å². The normalized spacial score (nSPS) is 15.0. The second-order valence-corrected chi connectivity index (χ2v) is 7.76. The van der Waals surface area contributed by atoms with Crippen LogP contribution in [0, 0.1) is 12.8 Å². The summed E-state index contributed by atoms with van der Waals surface area (Å²) in [5.74, 6) is 1.01. The van der Waals surface area contributed by atoms with Gasteiger partial charge in [0.2, 0.25) is 0 Å². The number of aromatic amines is 1. The first-order chi connectivity index (χ1) is 13.2. The molecular formula is C19H21N5O2S. The Balaban J connectivity index is 1.43. The minimum absolute atomic E-state index is 0.258. The van der Waals surface area contributed by atoms with Crippen molar-refractivity contribution in [1.82, 2.24) is 19.9 Å². The van der Waals surface area contributed by atoms with Gasteiger partial charge in [-0.2, -0.15) is 0 Å². The number of pyridine rings is 1. The highest BCUT2D eigenvalue weighted by molar-refractivity contribution is 7.15. The molecule has 0 aliphatic carbocycles. The Morgan fingerprint density at radius 2 is 2.22 bits per heavy atom. The largest absolute Gasteiger partial charge is 0.381 e. The van der Waals surface area contributed by atoms with Crippen molar-refractivity contribution < 1.29 is 9.53 Å². The molecule has 1 fully saturated rings. The van der Waals surface area contributed by atoms with Crippen molar-refractivity contribution >= 4 is 22.4 Å². The molecule has 7 nitrogen and oxygen atoms in total. The highest BCUT2D eigenvalue weighted by Gasteiger charge is 2.19. The molecule has 1 aliphatic heterocycles. The van der Waals surface area contributed by atoms with E-state index in [0.717, 1.165) is 38.0 Å². The molecule has 3 aromatic heterocycles. The van der Waals surface area contributed by atoms with Crippen molar-refractivity contribution in [2.24, 2.45) is 5.92 Å². The first-order valence-electron chi connectivity index (χ1n) is 9.00. The quantitative estimate of drug-likeness (QED) is 0.704. The van der Waals surface area contributed by atoms with Crippen LogP contribution < -0.4 is 5.32 Å². The van der Waals surface area contributed by atoms with Gasteiger partial charge in [0.15, 0.2) is 5.13 Å². The minimum atomic E-state index is -0.258. The summed E-state index contributed by atoms with van der Waals surface area (Å²) < 4.78 is 5.41. The summed E-state index contributed by atoms with van der Waals surface area (Å²) in [5.41, 5.74) is 1.92.